The molecule has 5 nitrogen and oxygen atoms in total. The van der Waals surface area contributed by atoms with Crippen molar-refractivity contribution in [3.63, 3.8) is 0 Å². The Labute approximate surface area is 140 Å². The van der Waals surface area contributed by atoms with Gasteiger partial charge in [0.2, 0.25) is 0 Å². The number of piperidine rings is 1. The quantitative estimate of drug-likeness (QED) is 0.904. The molecule has 24 heavy (non-hydrogen) atoms. The van der Waals surface area contributed by atoms with Crippen LogP contribution in [0.1, 0.15) is 46.2 Å². The molecule has 1 atom stereocenters. The topological polar surface area (TPSA) is 66.9 Å². The van der Waals surface area contributed by atoms with Gasteiger partial charge in [-0.2, -0.15) is 0 Å². The molecule has 1 saturated heterocycles. The van der Waals surface area contributed by atoms with Gasteiger partial charge in [-0.05, 0) is 44.0 Å². The van der Waals surface area contributed by atoms with Crippen LogP contribution in [0.25, 0.3) is 0 Å². The summed E-state index contributed by atoms with van der Waals surface area (Å²) in [6, 6.07) is 6.06. The summed E-state index contributed by atoms with van der Waals surface area (Å²) >= 11 is 0. The number of rotatable bonds is 4. The average molecular weight is 328 g/mol. The highest BCUT2D eigenvalue weighted by Crippen LogP contribution is 2.20. The minimum atomic E-state index is -0.290. The molecule has 0 saturated carbocycles. The van der Waals surface area contributed by atoms with Crippen molar-refractivity contribution >= 4 is 5.91 Å². The van der Waals surface area contributed by atoms with Crippen LogP contribution in [0.2, 0.25) is 0 Å². The molecule has 0 radical (unpaired) electrons. The largest absolute Gasteiger partial charge is 0.348 e. The van der Waals surface area contributed by atoms with Gasteiger partial charge in [0.05, 0.1) is 11.3 Å². The maximum Gasteiger partial charge on any atom is 0.254 e. The lowest BCUT2D eigenvalue weighted by Crippen LogP contribution is -2.30. The van der Waals surface area contributed by atoms with E-state index in [1.165, 1.54) is 12.1 Å². The predicted molar refractivity (Wildman–Crippen MR) is 89.2 cm³/mol. The van der Waals surface area contributed by atoms with Crippen LogP contribution in [0.3, 0.4) is 0 Å². The number of nitrogens with one attached hydrogen (secondary N) is 2. The average Bonchev–Trinajstić information content (AvgIpc) is 2.61. The summed E-state index contributed by atoms with van der Waals surface area (Å²) < 4.78 is 12.9. The normalized spacial score (nSPS) is 17.5. The zero-order valence-electron chi connectivity index (χ0n) is 13.7. The Kier molecular flexibility index (Phi) is 5.15. The Morgan fingerprint density at radius 2 is 2.17 bits per heavy atom. The maximum atomic E-state index is 12.9. The second-order valence-corrected chi connectivity index (χ2v) is 6.08. The van der Waals surface area contributed by atoms with E-state index in [1.54, 1.807) is 18.3 Å². The maximum absolute atomic E-state index is 12.9. The van der Waals surface area contributed by atoms with Crippen molar-refractivity contribution in [2.24, 2.45) is 0 Å². The number of amides is 1. The molecular formula is C18H21FN4O. The standard InChI is InChI=1S/C18H21FN4O/c1-12-16(11-21-17(23-12)14-3-2-8-20-10-14)18(24)22-9-13-4-6-15(19)7-5-13/h4-7,11,14,20H,2-3,8-10H2,1H3,(H,22,24)/t14-/m0/s1. The van der Waals surface area contributed by atoms with Gasteiger partial charge in [0.15, 0.2) is 0 Å². The molecular weight excluding hydrogens is 307 g/mol. The van der Waals surface area contributed by atoms with Crippen molar-refractivity contribution in [3.8, 4) is 0 Å². The molecule has 0 bridgehead atoms. The van der Waals surface area contributed by atoms with E-state index >= 15 is 0 Å². The molecule has 6 heteroatoms. The lowest BCUT2D eigenvalue weighted by Gasteiger charge is -2.21. The van der Waals surface area contributed by atoms with Crippen molar-refractivity contribution in [2.45, 2.75) is 32.2 Å². The van der Waals surface area contributed by atoms with Gasteiger partial charge in [-0.25, -0.2) is 14.4 Å². The first kappa shape index (κ1) is 16.5. The van der Waals surface area contributed by atoms with Gasteiger partial charge in [0.1, 0.15) is 11.6 Å². The van der Waals surface area contributed by atoms with E-state index in [1.807, 2.05) is 6.92 Å². The molecule has 126 valence electrons. The number of nitrogens with zero attached hydrogens (tertiary/aromatic N) is 2. The summed E-state index contributed by atoms with van der Waals surface area (Å²) in [5.41, 5.74) is 2.00. The van der Waals surface area contributed by atoms with Crippen LogP contribution in [0.5, 0.6) is 0 Å². The summed E-state index contributed by atoms with van der Waals surface area (Å²) in [6.45, 7) is 4.09. The van der Waals surface area contributed by atoms with E-state index in [2.05, 4.69) is 20.6 Å². The van der Waals surface area contributed by atoms with Crippen molar-refractivity contribution in [1.82, 2.24) is 20.6 Å². The Morgan fingerprint density at radius 1 is 1.38 bits per heavy atom. The first-order valence-electron chi connectivity index (χ1n) is 8.20. The molecule has 1 aromatic carbocycles. The second kappa shape index (κ2) is 7.49. The van der Waals surface area contributed by atoms with Gasteiger partial charge in [0.25, 0.3) is 5.91 Å². The Morgan fingerprint density at radius 3 is 2.83 bits per heavy atom. The van der Waals surface area contributed by atoms with Gasteiger partial charge in [-0.15, -0.1) is 0 Å². The Hall–Kier alpha value is -2.34. The van der Waals surface area contributed by atoms with Crippen LogP contribution in [-0.4, -0.2) is 29.0 Å². The van der Waals surface area contributed by atoms with E-state index in [-0.39, 0.29) is 11.7 Å². The van der Waals surface area contributed by atoms with E-state index in [0.717, 1.165) is 37.3 Å². The Balaban J connectivity index is 1.65. The molecule has 1 aromatic heterocycles. The third-order valence-corrected chi connectivity index (χ3v) is 4.27. The second-order valence-electron chi connectivity index (χ2n) is 6.08. The first-order valence-corrected chi connectivity index (χ1v) is 8.20. The number of halogens is 1. The monoisotopic (exact) mass is 328 g/mol. The summed E-state index contributed by atoms with van der Waals surface area (Å²) in [4.78, 5) is 21.2. The van der Waals surface area contributed by atoms with E-state index < -0.39 is 0 Å². The molecule has 0 spiro atoms. The molecule has 1 aliphatic heterocycles. The minimum Gasteiger partial charge on any atom is -0.348 e. The number of hydrogen-bond acceptors (Lipinski definition) is 4. The zero-order chi connectivity index (χ0) is 16.9. The molecule has 0 aliphatic carbocycles. The number of aryl methyl sites for hydroxylation is 1. The van der Waals surface area contributed by atoms with E-state index in [9.17, 15) is 9.18 Å². The van der Waals surface area contributed by atoms with Gasteiger partial charge in [-0.3, -0.25) is 4.79 Å². The molecule has 2 N–H and O–H groups in total. The van der Waals surface area contributed by atoms with Crippen LogP contribution in [-0.2, 0) is 6.54 Å². The predicted octanol–water partition coefficient (Wildman–Crippen LogP) is 2.32. The molecule has 1 aliphatic rings. The fourth-order valence-electron chi connectivity index (χ4n) is 2.86. The van der Waals surface area contributed by atoms with Crippen LogP contribution in [0, 0.1) is 12.7 Å². The molecule has 1 fully saturated rings. The lowest BCUT2D eigenvalue weighted by molar-refractivity contribution is 0.0949. The fraction of sp³-hybridized carbons (Fsp3) is 0.389. The van der Waals surface area contributed by atoms with Crippen LogP contribution >= 0.6 is 0 Å². The van der Waals surface area contributed by atoms with Gasteiger partial charge >= 0.3 is 0 Å². The highest BCUT2D eigenvalue weighted by molar-refractivity contribution is 5.94. The number of hydrogen-bond donors (Lipinski definition) is 2. The van der Waals surface area contributed by atoms with Crippen LogP contribution < -0.4 is 10.6 Å². The third kappa shape index (κ3) is 3.94. The number of carbonyl (C=O) groups is 1. The molecule has 3 rings (SSSR count). The smallest absolute Gasteiger partial charge is 0.254 e. The van der Waals surface area contributed by atoms with E-state index in [4.69, 9.17) is 0 Å². The number of carbonyl (C=O) groups excluding carboxylic acids is 1. The molecule has 0 unspecified atom stereocenters. The van der Waals surface area contributed by atoms with Crippen molar-refractivity contribution in [1.29, 1.82) is 0 Å². The van der Waals surface area contributed by atoms with Crippen molar-refractivity contribution in [2.75, 3.05) is 13.1 Å². The van der Waals surface area contributed by atoms with Crippen molar-refractivity contribution in [3.05, 3.63) is 58.9 Å². The summed E-state index contributed by atoms with van der Waals surface area (Å²) in [7, 11) is 0. The zero-order valence-corrected chi connectivity index (χ0v) is 13.7. The Bertz CT molecular complexity index is 711. The van der Waals surface area contributed by atoms with Crippen LogP contribution in [0.15, 0.2) is 30.5 Å². The van der Waals surface area contributed by atoms with E-state index in [0.29, 0.717) is 23.7 Å². The fourth-order valence-corrected chi connectivity index (χ4v) is 2.86. The SMILES string of the molecule is Cc1nc([C@H]2CCCNC2)ncc1C(=O)NCc1ccc(F)cc1. The summed E-state index contributed by atoms with van der Waals surface area (Å²) in [6.07, 6.45) is 3.79. The molecule has 1 amide bonds. The highest BCUT2D eigenvalue weighted by Gasteiger charge is 2.19. The van der Waals surface area contributed by atoms with Crippen molar-refractivity contribution < 1.29 is 9.18 Å². The van der Waals surface area contributed by atoms with Gasteiger partial charge < -0.3 is 10.6 Å². The lowest BCUT2D eigenvalue weighted by atomic mass is 9.98. The number of benzene rings is 1. The third-order valence-electron chi connectivity index (χ3n) is 4.27. The first-order chi connectivity index (χ1) is 11.6. The highest BCUT2D eigenvalue weighted by atomic mass is 19.1. The minimum absolute atomic E-state index is 0.217. The van der Waals surface area contributed by atoms with Gasteiger partial charge in [0, 0.05) is 25.2 Å². The molecule has 2 aromatic rings. The summed E-state index contributed by atoms with van der Waals surface area (Å²) in [5, 5.41) is 6.17. The summed E-state index contributed by atoms with van der Waals surface area (Å²) in [5.74, 6) is 0.607. The number of aromatic nitrogens is 2. The molecule has 2 heterocycles. The van der Waals surface area contributed by atoms with Gasteiger partial charge in [-0.1, -0.05) is 12.1 Å². The van der Waals surface area contributed by atoms with Crippen LogP contribution in [0.4, 0.5) is 4.39 Å².